The fraction of sp³-hybridized carbons (Fsp3) is 0.625. The van der Waals surface area contributed by atoms with Gasteiger partial charge in [-0.15, -0.1) is 0 Å². The van der Waals surface area contributed by atoms with Crippen molar-refractivity contribution in [3.8, 4) is 0 Å². The minimum atomic E-state index is -0.0978. The van der Waals surface area contributed by atoms with Crippen LogP contribution in [-0.2, 0) is 17.8 Å². The van der Waals surface area contributed by atoms with Gasteiger partial charge in [-0.25, -0.2) is 0 Å². The van der Waals surface area contributed by atoms with Crippen LogP contribution in [0.25, 0.3) is 0 Å². The van der Waals surface area contributed by atoms with E-state index < -0.39 is 0 Å². The number of ether oxygens (including phenoxy) is 1. The predicted molar refractivity (Wildman–Crippen MR) is 78.9 cm³/mol. The fourth-order valence-electron chi connectivity index (χ4n) is 3.21. The zero-order chi connectivity index (χ0) is 14.1. The highest BCUT2D eigenvalue weighted by Crippen LogP contribution is 2.29. The molecule has 1 aliphatic rings. The van der Waals surface area contributed by atoms with E-state index in [-0.39, 0.29) is 11.2 Å². The van der Waals surface area contributed by atoms with Crippen molar-refractivity contribution < 1.29 is 4.74 Å². The Balaban J connectivity index is 2.14. The SMILES string of the molecule is CC1(C)CN(Cc2ccccc2CN)CC(C)(C)O1. The fourth-order valence-corrected chi connectivity index (χ4v) is 3.21. The molecule has 106 valence electrons. The van der Waals surface area contributed by atoms with E-state index in [1.807, 2.05) is 0 Å². The standard InChI is InChI=1S/C16H26N2O/c1-15(2)11-18(12-16(3,4)19-15)10-14-8-6-5-7-13(14)9-17/h5-8H,9-12,17H2,1-4H3. The molecule has 0 bridgehead atoms. The van der Waals surface area contributed by atoms with Crippen molar-refractivity contribution in [3.63, 3.8) is 0 Å². The topological polar surface area (TPSA) is 38.5 Å². The number of hydrogen-bond donors (Lipinski definition) is 1. The van der Waals surface area contributed by atoms with Crippen LogP contribution in [0.15, 0.2) is 24.3 Å². The van der Waals surface area contributed by atoms with Gasteiger partial charge >= 0.3 is 0 Å². The molecule has 1 fully saturated rings. The van der Waals surface area contributed by atoms with E-state index in [9.17, 15) is 0 Å². The molecule has 0 spiro atoms. The molecule has 1 aromatic carbocycles. The number of hydrogen-bond acceptors (Lipinski definition) is 3. The lowest BCUT2D eigenvalue weighted by molar-refractivity contribution is -0.182. The molecule has 0 saturated carbocycles. The van der Waals surface area contributed by atoms with Gasteiger partial charge in [-0.05, 0) is 38.8 Å². The van der Waals surface area contributed by atoms with Gasteiger partial charge in [0, 0.05) is 26.2 Å². The Hall–Kier alpha value is -0.900. The summed E-state index contributed by atoms with van der Waals surface area (Å²) in [7, 11) is 0. The first kappa shape index (κ1) is 14.5. The van der Waals surface area contributed by atoms with Crippen LogP contribution in [0.1, 0.15) is 38.8 Å². The van der Waals surface area contributed by atoms with Crippen LogP contribution < -0.4 is 5.73 Å². The van der Waals surface area contributed by atoms with Gasteiger partial charge in [0.1, 0.15) is 0 Å². The lowest BCUT2D eigenvalue weighted by Crippen LogP contribution is -2.56. The highest BCUT2D eigenvalue weighted by molar-refractivity contribution is 5.27. The first-order valence-electron chi connectivity index (χ1n) is 7.01. The zero-order valence-corrected chi connectivity index (χ0v) is 12.6. The average Bonchev–Trinajstić information content (AvgIpc) is 2.25. The highest BCUT2D eigenvalue weighted by Gasteiger charge is 2.37. The number of nitrogens with zero attached hydrogens (tertiary/aromatic N) is 1. The number of nitrogens with two attached hydrogens (primary N) is 1. The molecular weight excluding hydrogens is 236 g/mol. The molecule has 2 rings (SSSR count). The molecule has 0 unspecified atom stereocenters. The minimum absolute atomic E-state index is 0.0978. The van der Waals surface area contributed by atoms with E-state index in [0.717, 1.165) is 19.6 Å². The summed E-state index contributed by atoms with van der Waals surface area (Å²) in [6.07, 6.45) is 0. The van der Waals surface area contributed by atoms with Gasteiger partial charge in [-0.2, -0.15) is 0 Å². The first-order valence-corrected chi connectivity index (χ1v) is 7.01. The maximum absolute atomic E-state index is 6.12. The van der Waals surface area contributed by atoms with E-state index in [1.165, 1.54) is 11.1 Å². The Bertz CT molecular complexity index is 424. The van der Waals surface area contributed by atoms with E-state index in [0.29, 0.717) is 6.54 Å². The van der Waals surface area contributed by atoms with Gasteiger partial charge in [0.25, 0.3) is 0 Å². The summed E-state index contributed by atoms with van der Waals surface area (Å²) in [6.45, 7) is 12.1. The van der Waals surface area contributed by atoms with Gasteiger partial charge in [0.2, 0.25) is 0 Å². The van der Waals surface area contributed by atoms with E-state index >= 15 is 0 Å². The molecule has 1 saturated heterocycles. The van der Waals surface area contributed by atoms with Crippen LogP contribution >= 0.6 is 0 Å². The second-order valence-electron chi connectivity index (χ2n) is 6.74. The lowest BCUT2D eigenvalue weighted by atomic mass is 9.97. The first-order chi connectivity index (χ1) is 8.81. The molecule has 3 heteroatoms. The van der Waals surface area contributed by atoms with Crippen molar-refractivity contribution in [1.29, 1.82) is 0 Å². The van der Waals surface area contributed by atoms with Crippen LogP contribution in [0.3, 0.4) is 0 Å². The third-order valence-corrected chi connectivity index (χ3v) is 3.49. The third-order valence-electron chi connectivity index (χ3n) is 3.49. The quantitative estimate of drug-likeness (QED) is 0.909. The van der Waals surface area contributed by atoms with Crippen molar-refractivity contribution in [2.45, 2.75) is 52.0 Å². The molecule has 0 aromatic heterocycles. The largest absolute Gasteiger partial charge is 0.367 e. The molecule has 3 nitrogen and oxygen atoms in total. The van der Waals surface area contributed by atoms with E-state index in [4.69, 9.17) is 10.5 Å². The van der Waals surface area contributed by atoms with Gasteiger partial charge in [0.05, 0.1) is 11.2 Å². The monoisotopic (exact) mass is 262 g/mol. The van der Waals surface area contributed by atoms with Crippen LogP contribution in [0.2, 0.25) is 0 Å². The molecule has 1 heterocycles. The van der Waals surface area contributed by atoms with Crippen molar-refractivity contribution in [1.82, 2.24) is 4.90 Å². The molecule has 1 aromatic rings. The Kier molecular flexibility index (Phi) is 4.00. The van der Waals surface area contributed by atoms with Crippen LogP contribution in [0.4, 0.5) is 0 Å². The maximum atomic E-state index is 6.12. The smallest absolute Gasteiger partial charge is 0.0760 e. The number of rotatable bonds is 3. The third kappa shape index (κ3) is 3.78. The van der Waals surface area contributed by atoms with Crippen LogP contribution in [0.5, 0.6) is 0 Å². The lowest BCUT2D eigenvalue weighted by Gasteiger charge is -2.47. The van der Waals surface area contributed by atoms with Crippen molar-refractivity contribution in [3.05, 3.63) is 35.4 Å². The molecule has 19 heavy (non-hydrogen) atoms. The zero-order valence-electron chi connectivity index (χ0n) is 12.6. The van der Waals surface area contributed by atoms with Gasteiger partial charge in [0.15, 0.2) is 0 Å². The summed E-state index contributed by atoms with van der Waals surface area (Å²) < 4.78 is 6.12. The molecule has 1 aliphatic heterocycles. The van der Waals surface area contributed by atoms with Gasteiger partial charge < -0.3 is 10.5 Å². The Morgan fingerprint density at radius 2 is 1.58 bits per heavy atom. The Labute approximate surface area is 116 Å². The number of benzene rings is 1. The van der Waals surface area contributed by atoms with Crippen molar-refractivity contribution >= 4 is 0 Å². The molecule has 2 N–H and O–H groups in total. The summed E-state index contributed by atoms with van der Waals surface area (Å²) in [5, 5.41) is 0. The summed E-state index contributed by atoms with van der Waals surface area (Å²) in [4.78, 5) is 2.47. The van der Waals surface area contributed by atoms with Crippen LogP contribution in [0, 0.1) is 0 Å². The minimum Gasteiger partial charge on any atom is -0.367 e. The maximum Gasteiger partial charge on any atom is 0.0760 e. The van der Waals surface area contributed by atoms with E-state index in [1.54, 1.807) is 0 Å². The molecule has 0 amide bonds. The summed E-state index contributed by atoms with van der Waals surface area (Å²) >= 11 is 0. The summed E-state index contributed by atoms with van der Waals surface area (Å²) in [5.41, 5.74) is 8.20. The average molecular weight is 262 g/mol. The highest BCUT2D eigenvalue weighted by atomic mass is 16.5. The molecule has 0 aliphatic carbocycles. The van der Waals surface area contributed by atoms with Gasteiger partial charge in [-0.3, -0.25) is 4.90 Å². The van der Waals surface area contributed by atoms with Crippen molar-refractivity contribution in [2.75, 3.05) is 13.1 Å². The van der Waals surface area contributed by atoms with E-state index in [2.05, 4.69) is 56.9 Å². The predicted octanol–water partition coefficient (Wildman–Crippen LogP) is 2.53. The Morgan fingerprint density at radius 1 is 1.05 bits per heavy atom. The second-order valence-corrected chi connectivity index (χ2v) is 6.74. The second kappa shape index (κ2) is 5.23. The van der Waals surface area contributed by atoms with Gasteiger partial charge in [-0.1, -0.05) is 24.3 Å². The van der Waals surface area contributed by atoms with Crippen LogP contribution in [-0.4, -0.2) is 29.2 Å². The van der Waals surface area contributed by atoms with Crippen molar-refractivity contribution in [2.24, 2.45) is 5.73 Å². The normalized spacial score (nSPS) is 22.4. The Morgan fingerprint density at radius 3 is 2.11 bits per heavy atom. The molecule has 0 atom stereocenters. The molecule has 0 radical (unpaired) electrons. The molecular formula is C16H26N2O. The summed E-state index contributed by atoms with van der Waals surface area (Å²) in [5.74, 6) is 0. The summed E-state index contributed by atoms with van der Waals surface area (Å²) in [6, 6.07) is 8.44. The number of morpholine rings is 1.